The average molecular weight is 327 g/mol. The van der Waals surface area contributed by atoms with E-state index in [1.807, 2.05) is 6.33 Å². The zero-order chi connectivity index (χ0) is 16.5. The molecule has 4 rings (SSSR count). The van der Waals surface area contributed by atoms with Crippen molar-refractivity contribution in [3.05, 3.63) is 42.0 Å². The van der Waals surface area contributed by atoms with E-state index in [9.17, 15) is 4.79 Å². The summed E-state index contributed by atoms with van der Waals surface area (Å²) in [7, 11) is 1.70. The molecule has 2 aromatic rings. The van der Waals surface area contributed by atoms with Gasteiger partial charge in [0.05, 0.1) is 31.4 Å². The highest BCUT2D eigenvalue weighted by Gasteiger charge is 2.34. The number of amides is 1. The fraction of sp³-hybridized carbons (Fsp3) is 0.529. The van der Waals surface area contributed by atoms with Crippen LogP contribution >= 0.6 is 0 Å². The summed E-state index contributed by atoms with van der Waals surface area (Å²) in [4.78, 5) is 27.2. The second-order valence-electron chi connectivity index (χ2n) is 6.60. The average Bonchev–Trinajstić information content (AvgIpc) is 3.34. The smallest absolute Gasteiger partial charge is 0.274 e. The van der Waals surface area contributed by atoms with Gasteiger partial charge in [0.25, 0.3) is 5.91 Å². The SMILES string of the molecule is COCC1CN(C(=O)c2cnccn2)Cc2ncn(CC3CC3)c21. The molecule has 0 N–H and O–H groups in total. The fourth-order valence-electron chi connectivity index (χ4n) is 3.41. The van der Waals surface area contributed by atoms with Crippen molar-refractivity contribution in [3.8, 4) is 0 Å². The van der Waals surface area contributed by atoms with E-state index in [2.05, 4.69) is 19.5 Å². The van der Waals surface area contributed by atoms with E-state index in [0.717, 1.165) is 18.2 Å². The van der Waals surface area contributed by atoms with Crippen LogP contribution in [0.3, 0.4) is 0 Å². The number of hydrogen-bond donors (Lipinski definition) is 0. The first-order chi connectivity index (χ1) is 11.8. The molecule has 0 radical (unpaired) electrons. The Morgan fingerprint density at radius 1 is 1.33 bits per heavy atom. The molecule has 0 bridgehead atoms. The van der Waals surface area contributed by atoms with E-state index < -0.39 is 0 Å². The van der Waals surface area contributed by atoms with Crippen molar-refractivity contribution < 1.29 is 9.53 Å². The van der Waals surface area contributed by atoms with Gasteiger partial charge in [-0.05, 0) is 18.8 Å². The molecule has 3 heterocycles. The largest absolute Gasteiger partial charge is 0.384 e. The predicted molar refractivity (Wildman–Crippen MR) is 86.3 cm³/mol. The molecular formula is C17H21N5O2. The van der Waals surface area contributed by atoms with Crippen molar-refractivity contribution >= 4 is 5.91 Å². The number of methoxy groups -OCH3 is 1. The van der Waals surface area contributed by atoms with Gasteiger partial charge in [0, 0.05) is 44.2 Å². The lowest BCUT2D eigenvalue weighted by atomic mass is 9.98. The second-order valence-corrected chi connectivity index (χ2v) is 6.60. The van der Waals surface area contributed by atoms with Gasteiger partial charge in [-0.2, -0.15) is 0 Å². The van der Waals surface area contributed by atoms with E-state index >= 15 is 0 Å². The zero-order valence-corrected chi connectivity index (χ0v) is 13.8. The Morgan fingerprint density at radius 3 is 2.92 bits per heavy atom. The number of rotatable bonds is 5. The van der Waals surface area contributed by atoms with E-state index in [0.29, 0.717) is 25.4 Å². The normalized spacial score (nSPS) is 20.0. The molecule has 24 heavy (non-hydrogen) atoms. The lowest BCUT2D eigenvalue weighted by Crippen LogP contribution is -2.40. The number of aromatic nitrogens is 4. The lowest BCUT2D eigenvalue weighted by molar-refractivity contribution is 0.0666. The van der Waals surface area contributed by atoms with Crippen molar-refractivity contribution in [3.63, 3.8) is 0 Å². The molecular weight excluding hydrogens is 306 g/mol. The molecule has 0 aromatic carbocycles. The minimum Gasteiger partial charge on any atom is -0.384 e. The van der Waals surface area contributed by atoms with Crippen molar-refractivity contribution in [2.75, 3.05) is 20.3 Å². The van der Waals surface area contributed by atoms with Crippen LogP contribution in [0.25, 0.3) is 0 Å². The summed E-state index contributed by atoms with van der Waals surface area (Å²) in [6.45, 7) is 2.74. The molecule has 1 unspecified atom stereocenters. The quantitative estimate of drug-likeness (QED) is 0.831. The molecule has 0 spiro atoms. The Hall–Kier alpha value is -2.28. The number of ether oxygens (including phenoxy) is 1. The molecule has 2 aliphatic rings. The Morgan fingerprint density at radius 2 is 2.21 bits per heavy atom. The standard InChI is InChI=1S/C17H21N5O2/c1-24-10-13-8-21(17(23)14-6-18-4-5-19-14)9-15-16(13)22(11-20-15)7-12-2-3-12/h4-6,11-13H,2-3,7-10H2,1H3. The van der Waals surface area contributed by atoms with Crippen molar-refractivity contribution in [1.29, 1.82) is 0 Å². The summed E-state index contributed by atoms with van der Waals surface area (Å²) in [5.41, 5.74) is 2.57. The maximum atomic E-state index is 12.7. The fourth-order valence-corrected chi connectivity index (χ4v) is 3.41. The predicted octanol–water partition coefficient (Wildman–Crippen LogP) is 1.47. The monoisotopic (exact) mass is 327 g/mol. The van der Waals surface area contributed by atoms with Crippen molar-refractivity contribution in [1.82, 2.24) is 24.4 Å². The minimum atomic E-state index is -0.105. The second kappa shape index (κ2) is 6.32. The third kappa shape index (κ3) is 2.91. The van der Waals surface area contributed by atoms with Gasteiger partial charge in [-0.15, -0.1) is 0 Å². The minimum absolute atomic E-state index is 0.105. The molecule has 1 amide bonds. The Labute approximate surface area is 140 Å². The molecule has 2 aromatic heterocycles. The Kier molecular flexibility index (Phi) is 4.02. The first-order valence-electron chi connectivity index (χ1n) is 8.34. The van der Waals surface area contributed by atoms with E-state index in [4.69, 9.17) is 4.74 Å². The van der Waals surface area contributed by atoms with E-state index in [1.165, 1.54) is 24.7 Å². The van der Waals surface area contributed by atoms with E-state index in [-0.39, 0.29) is 11.8 Å². The molecule has 126 valence electrons. The van der Waals surface area contributed by atoms with Crippen LogP contribution < -0.4 is 0 Å². The van der Waals surface area contributed by atoms with Gasteiger partial charge in [-0.3, -0.25) is 9.78 Å². The maximum Gasteiger partial charge on any atom is 0.274 e. The number of nitrogens with zero attached hydrogens (tertiary/aromatic N) is 5. The summed E-state index contributed by atoms with van der Waals surface area (Å²) >= 11 is 0. The number of fused-ring (bicyclic) bond motifs is 1. The van der Waals surface area contributed by atoms with Crippen LogP contribution in [0.2, 0.25) is 0 Å². The highest BCUT2D eigenvalue weighted by atomic mass is 16.5. The summed E-state index contributed by atoms with van der Waals surface area (Å²) < 4.78 is 7.67. The van der Waals surface area contributed by atoms with Gasteiger partial charge in [0.1, 0.15) is 5.69 Å². The van der Waals surface area contributed by atoms with Gasteiger partial charge in [0.2, 0.25) is 0 Å². The van der Waals surface area contributed by atoms with Gasteiger partial charge < -0.3 is 14.2 Å². The maximum absolute atomic E-state index is 12.7. The van der Waals surface area contributed by atoms with Gasteiger partial charge in [-0.25, -0.2) is 9.97 Å². The topological polar surface area (TPSA) is 73.1 Å². The first kappa shape index (κ1) is 15.3. The molecule has 1 fully saturated rings. The van der Waals surface area contributed by atoms with Crippen molar-refractivity contribution in [2.45, 2.75) is 31.8 Å². The van der Waals surface area contributed by atoms with Crippen LogP contribution in [0.5, 0.6) is 0 Å². The third-order valence-corrected chi connectivity index (χ3v) is 4.72. The molecule has 7 nitrogen and oxygen atoms in total. The van der Waals surface area contributed by atoms with Crippen LogP contribution in [0.4, 0.5) is 0 Å². The lowest BCUT2D eigenvalue weighted by Gasteiger charge is -2.32. The van der Waals surface area contributed by atoms with Gasteiger partial charge >= 0.3 is 0 Å². The number of carbonyl (C=O) groups is 1. The van der Waals surface area contributed by atoms with Crippen LogP contribution in [0.1, 0.15) is 40.6 Å². The third-order valence-electron chi connectivity index (χ3n) is 4.72. The Bertz CT molecular complexity index is 726. The Balaban J connectivity index is 1.60. The highest BCUT2D eigenvalue weighted by molar-refractivity contribution is 5.92. The number of carbonyl (C=O) groups excluding carboxylic acids is 1. The molecule has 1 aliphatic carbocycles. The van der Waals surface area contributed by atoms with Crippen LogP contribution in [-0.4, -0.2) is 50.6 Å². The van der Waals surface area contributed by atoms with Gasteiger partial charge in [-0.1, -0.05) is 0 Å². The molecule has 7 heteroatoms. The summed E-state index contributed by atoms with van der Waals surface area (Å²) in [6, 6.07) is 0. The van der Waals surface area contributed by atoms with Crippen LogP contribution in [0, 0.1) is 5.92 Å². The van der Waals surface area contributed by atoms with E-state index in [1.54, 1.807) is 24.4 Å². The molecule has 0 saturated heterocycles. The highest BCUT2D eigenvalue weighted by Crippen LogP contribution is 2.34. The first-order valence-corrected chi connectivity index (χ1v) is 8.34. The molecule has 1 aliphatic heterocycles. The van der Waals surface area contributed by atoms with Crippen LogP contribution in [0.15, 0.2) is 24.9 Å². The summed E-state index contributed by atoms with van der Waals surface area (Å²) in [5.74, 6) is 0.818. The number of imidazole rings is 1. The number of hydrogen-bond acceptors (Lipinski definition) is 5. The zero-order valence-electron chi connectivity index (χ0n) is 13.8. The van der Waals surface area contributed by atoms with Crippen LogP contribution in [-0.2, 0) is 17.8 Å². The molecule has 1 saturated carbocycles. The summed E-state index contributed by atoms with van der Waals surface area (Å²) in [6.07, 6.45) is 9.15. The van der Waals surface area contributed by atoms with Crippen molar-refractivity contribution in [2.24, 2.45) is 5.92 Å². The molecule has 1 atom stereocenters. The van der Waals surface area contributed by atoms with Gasteiger partial charge in [0.15, 0.2) is 0 Å². The summed E-state index contributed by atoms with van der Waals surface area (Å²) in [5, 5.41) is 0.